The molecule has 1 aromatic carbocycles. The van der Waals surface area contributed by atoms with Crippen molar-refractivity contribution in [2.45, 2.75) is 6.92 Å². The highest BCUT2D eigenvalue weighted by Crippen LogP contribution is 2.20. The molecule has 1 amide bonds. The first-order valence-electron chi connectivity index (χ1n) is 5.33. The minimum atomic E-state index is -0.0112. The van der Waals surface area contributed by atoms with Crippen LogP contribution in [-0.2, 0) is 4.74 Å². The lowest BCUT2D eigenvalue weighted by Gasteiger charge is -2.20. The third-order valence-electron chi connectivity index (χ3n) is 2.40. The monoisotopic (exact) mass is 367 g/mol. The summed E-state index contributed by atoms with van der Waals surface area (Å²) in [5.74, 6) is -0.0112. The molecule has 0 aliphatic heterocycles. The van der Waals surface area contributed by atoms with E-state index in [0.29, 0.717) is 30.3 Å². The molecule has 0 aliphatic rings. The zero-order valence-electron chi connectivity index (χ0n) is 9.87. The van der Waals surface area contributed by atoms with Crippen LogP contribution in [0.25, 0.3) is 0 Å². The molecule has 0 atom stereocenters. The fourth-order valence-electron chi connectivity index (χ4n) is 1.42. The quantitative estimate of drug-likeness (QED) is 0.749. The van der Waals surface area contributed by atoms with Gasteiger partial charge in [-0.05, 0) is 47.7 Å². The van der Waals surface area contributed by atoms with Gasteiger partial charge in [0.15, 0.2) is 0 Å². The maximum atomic E-state index is 12.2. The van der Waals surface area contributed by atoms with E-state index < -0.39 is 0 Å². The van der Waals surface area contributed by atoms with Crippen molar-refractivity contribution in [1.29, 1.82) is 0 Å². The Hall–Kier alpha value is -0.330. The fourth-order valence-corrected chi connectivity index (χ4v) is 1.93. The van der Waals surface area contributed by atoms with E-state index in [0.717, 1.165) is 3.57 Å². The lowest BCUT2D eigenvalue weighted by Crippen LogP contribution is -2.33. The van der Waals surface area contributed by atoms with Crippen molar-refractivity contribution in [2.75, 3.05) is 26.8 Å². The topological polar surface area (TPSA) is 29.5 Å². The summed E-state index contributed by atoms with van der Waals surface area (Å²) < 4.78 is 5.93. The Morgan fingerprint density at radius 3 is 2.76 bits per heavy atom. The summed E-state index contributed by atoms with van der Waals surface area (Å²) in [5, 5.41) is 0.610. The summed E-state index contributed by atoms with van der Waals surface area (Å²) in [5.41, 5.74) is 0.619. The SMILES string of the molecule is CCN(CCOC)C(=O)c1ccc(I)c(Cl)c1. The highest BCUT2D eigenvalue weighted by molar-refractivity contribution is 14.1. The third kappa shape index (κ3) is 4.12. The molecule has 0 radical (unpaired) electrons. The Bertz CT molecular complexity index is 398. The van der Waals surface area contributed by atoms with Gasteiger partial charge in [0.2, 0.25) is 0 Å². The number of nitrogens with zero attached hydrogens (tertiary/aromatic N) is 1. The number of ether oxygens (including phenoxy) is 1. The number of likely N-dealkylation sites (N-methyl/N-ethyl adjacent to an activating group) is 1. The van der Waals surface area contributed by atoms with Crippen molar-refractivity contribution >= 4 is 40.1 Å². The van der Waals surface area contributed by atoms with Crippen molar-refractivity contribution < 1.29 is 9.53 Å². The van der Waals surface area contributed by atoms with Gasteiger partial charge in [-0.25, -0.2) is 0 Å². The van der Waals surface area contributed by atoms with Crippen LogP contribution < -0.4 is 0 Å². The number of carbonyl (C=O) groups is 1. The number of rotatable bonds is 5. The first-order valence-corrected chi connectivity index (χ1v) is 6.79. The number of hydrogen-bond donors (Lipinski definition) is 0. The minimum absolute atomic E-state index is 0.0112. The molecule has 3 nitrogen and oxygen atoms in total. The summed E-state index contributed by atoms with van der Waals surface area (Å²) in [6.45, 7) is 3.74. The minimum Gasteiger partial charge on any atom is -0.383 e. The zero-order valence-corrected chi connectivity index (χ0v) is 12.8. The van der Waals surface area contributed by atoms with Crippen LogP contribution in [0.4, 0.5) is 0 Å². The highest BCUT2D eigenvalue weighted by Gasteiger charge is 2.14. The average molecular weight is 368 g/mol. The third-order valence-corrected chi connectivity index (χ3v) is 3.97. The van der Waals surface area contributed by atoms with Crippen molar-refractivity contribution in [3.05, 3.63) is 32.4 Å². The summed E-state index contributed by atoms with van der Waals surface area (Å²) in [6.07, 6.45) is 0. The van der Waals surface area contributed by atoms with Crippen LogP contribution in [0.15, 0.2) is 18.2 Å². The Labute approximate surface area is 120 Å². The standard InChI is InChI=1S/C12H15ClINO2/c1-3-15(6-7-17-2)12(16)9-4-5-11(14)10(13)8-9/h4-5,8H,3,6-7H2,1-2H3. The predicted octanol–water partition coefficient (Wildman–Crippen LogP) is 3.05. The average Bonchev–Trinajstić information content (AvgIpc) is 2.33. The summed E-state index contributed by atoms with van der Waals surface area (Å²) in [7, 11) is 1.63. The molecule has 0 saturated heterocycles. The van der Waals surface area contributed by atoms with Gasteiger partial charge in [0, 0.05) is 29.3 Å². The molecule has 0 heterocycles. The molecule has 0 fully saturated rings. The second-order valence-electron chi connectivity index (χ2n) is 3.51. The summed E-state index contributed by atoms with van der Waals surface area (Å²) >= 11 is 8.14. The molecule has 0 aliphatic carbocycles. The van der Waals surface area contributed by atoms with Crippen LogP contribution in [0.2, 0.25) is 5.02 Å². The summed E-state index contributed by atoms with van der Waals surface area (Å²) in [4.78, 5) is 13.9. The zero-order chi connectivity index (χ0) is 12.8. The van der Waals surface area contributed by atoms with Crippen molar-refractivity contribution in [3.63, 3.8) is 0 Å². The van der Waals surface area contributed by atoms with Gasteiger partial charge < -0.3 is 9.64 Å². The number of benzene rings is 1. The second-order valence-corrected chi connectivity index (χ2v) is 5.08. The van der Waals surface area contributed by atoms with Crippen molar-refractivity contribution in [3.8, 4) is 0 Å². The van der Waals surface area contributed by atoms with Crippen LogP contribution in [0.1, 0.15) is 17.3 Å². The van der Waals surface area contributed by atoms with E-state index in [2.05, 4.69) is 22.6 Å². The normalized spacial score (nSPS) is 10.4. The van der Waals surface area contributed by atoms with Crippen LogP contribution >= 0.6 is 34.2 Å². The Balaban J connectivity index is 2.82. The highest BCUT2D eigenvalue weighted by atomic mass is 127. The fraction of sp³-hybridized carbons (Fsp3) is 0.417. The van der Waals surface area contributed by atoms with Gasteiger partial charge in [0.25, 0.3) is 5.91 Å². The van der Waals surface area contributed by atoms with E-state index in [9.17, 15) is 4.79 Å². The van der Waals surface area contributed by atoms with Gasteiger partial charge in [-0.1, -0.05) is 11.6 Å². The molecule has 0 bridgehead atoms. The lowest BCUT2D eigenvalue weighted by molar-refractivity contribution is 0.0706. The molecule has 1 rings (SSSR count). The van der Waals surface area contributed by atoms with E-state index in [1.54, 1.807) is 24.1 Å². The first-order chi connectivity index (χ1) is 8.10. The predicted molar refractivity (Wildman–Crippen MR) is 77.6 cm³/mol. The second kappa shape index (κ2) is 7.18. The van der Waals surface area contributed by atoms with Gasteiger partial charge in [0.1, 0.15) is 0 Å². The lowest BCUT2D eigenvalue weighted by atomic mass is 10.2. The molecular weight excluding hydrogens is 352 g/mol. The van der Waals surface area contributed by atoms with Crippen LogP contribution in [0.3, 0.4) is 0 Å². The summed E-state index contributed by atoms with van der Waals surface area (Å²) in [6, 6.07) is 5.35. The van der Waals surface area contributed by atoms with Gasteiger partial charge in [-0.15, -0.1) is 0 Å². The van der Waals surface area contributed by atoms with Crippen LogP contribution in [-0.4, -0.2) is 37.6 Å². The van der Waals surface area contributed by atoms with Crippen molar-refractivity contribution in [1.82, 2.24) is 4.90 Å². The number of carbonyl (C=O) groups excluding carboxylic acids is 1. The Kier molecular flexibility index (Phi) is 6.22. The van der Waals surface area contributed by atoms with E-state index in [-0.39, 0.29) is 5.91 Å². The smallest absolute Gasteiger partial charge is 0.253 e. The molecule has 0 saturated carbocycles. The molecule has 0 unspecified atom stereocenters. The number of methoxy groups -OCH3 is 1. The Morgan fingerprint density at radius 2 is 2.24 bits per heavy atom. The molecule has 94 valence electrons. The van der Waals surface area contributed by atoms with E-state index in [1.165, 1.54) is 0 Å². The van der Waals surface area contributed by atoms with Crippen LogP contribution in [0, 0.1) is 3.57 Å². The molecule has 17 heavy (non-hydrogen) atoms. The van der Waals surface area contributed by atoms with E-state index >= 15 is 0 Å². The number of amides is 1. The van der Waals surface area contributed by atoms with Crippen molar-refractivity contribution in [2.24, 2.45) is 0 Å². The maximum absolute atomic E-state index is 12.2. The molecule has 5 heteroatoms. The molecule has 1 aromatic rings. The number of halogens is 2. The van der Waals surface area contributed by atoms with E-state index in [4.69, 9.17) is 16.3 Å². The number of hydrogen-bond acceptors (Lipinski definition) is 2. The van der Waals surface area contributed by atoms with Gasteiger partial charge in [0.05, 0.1) is 11.6 Å². The maximum Gasteiger partial charge on any atom is 0.253 e. The van der Waals surface area contributed by atoms with E-state index in [1.807, 2.05) is 13.0 Å². The Morgan fingerprint density at radius 1 is 1.53 bits per heavy atom. The van der Waals surface area contributed by atoms with Crippen LogP contribution in [0.5, 0.6) is 0 Å². The van der Waals surface area contributed by atoms with Gasteiger partial charge in [-0.2, -0.15) is 0 Å². The molecular formula is C12H15ClINO2. The first kappa shape index (κ1) is 14.7. The van der Waals surface area contributed by atoms with Gasteiger partial charge in [-0.3, -0.25) is 4.79 Å². The largest absolute Gasteiger partial charge is 0.383 e. The molecule has 0 spiro atoms. The molecule has 0 N–H and O–H groups in total. The molecule has 0 aromatic heterocycles. The van der Waals surface area contributed by atoms with Gasteiger partial charge >= 0.3 is 0 Å².